The minimum Gasteiger partial charge on any atom is -0.306 e. The zero-order valence-electron chi connectivity index (χ0n) is 9.65. The molecule has 3 rings (SSSR count). The Labute approximate surface area is 92.8 Å². The van der Waals surface area contributed by atoms with Gasteiger partial charge >= 0.3 is 0 Å². The summed E-state index contributed by atoms with van der Waals surface area (Å²) in [5, 5.41) is 0. The maximum absolute atomic E-state index is 2.56. The van der Waals surface area contributed by atoms with Gasteiger partial charge in [-0.15, -0.1) is 0 Å². The van der Waals surface area contributed by atoms with Gasteiger partial charge in [0.25, 0.3) is 0 Å². The first-order chi connectivity index (χ1) is 7.33. The van der Waals surface area contributed by atoms with Crippen LogP contribution in [0.15, 0.2) is 23.8 Å². The third kappa shape index (κ3) is 2.03. The smallest absolute Gasteiger partial charge is 0.00471 e. The summed E-state index contributed by atoms with van der Waals surface area (Å²) < 4.78 is 0. The van der Waals surface area contributed by atoms with Crippen LogP contribution >= 0.6 is 0 Å². The first kappa shape index (κ1) is 9.65. The van der Waals surface area contributed by atoms with Crippen LogP contribution in [0.4, 0.5) is 0 Å². The van der Waals surface area contributed by atoms with Crippen molar-refractivity contribution in [2.24, 2.45) is 17.8 Å². The number of hydrogen-bond acceptors (Lipinski definition) is 1. The molecule has 1 heteroatoms. The number of fused-ring (bicyclic) bond motifs is 1. The van der Waals surface area contributed by atoms with E-state index in [0.29, 0.717) is 0 Å². The SMILES string of the molecule is CN1CCCCC(C2=CC3CC3C=C2)C1. The first-order valence-corrected chi connectivity index (χ1v) is 6.41. The Kier molecular flexibility index (Phi) is 2.44. The molecule has 1 nitrogen and oxygen atoms in total. The van der Waals surface area contributed by atoms with Crippen molar-refractivity contribution in [3.8, 4) is 0 Å². The van der Waals surface area contributed by atoms with E-state index < -0.39 is 0 Å². The predicted octanol–water partition coefficient (Wildman–Crippen LogP) is 2.85. The summed E-state index contributed by atoms with van der Waals surface area (Å²) >= 11 is 0. The number of hydrogen-bond donors (Lipinski definition) is 0. The highest BCUT2D eigenvalue weighted by molar-refractivity contribution is 5.32. The van der Waals surface area contributed by atoms with Crippen LogP contribution in [0.25, 0.3) is 0 Å². The quantitative estimate of drug-likeness (QED) is 0.633. The molecule has 2 aliphatic carbocycles. The van der Waals surface area contributed by atoms with Crippen LogP contribution in [0.3, 0.4) is 0 Å². The van der Waals surface area contributed by atoms with Gasteiger partial charge < -0.3 is 4.90 Å². The van der Waals surface area contributed by atoms with Gasteiger partial charge in [0.2, 0.25) is 0 Å². The predicted molar refractivity (Wildman–Crippen MR) is 63.7 cm³/mol. The molecule has 1 saturated carbocycles. The van der Waals surface area contributed by atoms with Crippen molar-refractivity contribution in [3.05, 3.63) is 23.8 Å². The molecule has 82 valence electrons. The van der Waals surface area contributed by atoms with Crippen molar-refractivity contribution in [3.63, 3.8) is 0 Å². The molecule has 0 aromatic heterocycles. The Hall–Kier alpha value is -0.560. The maximum atomic E-state index is 2.56. The van der Waals surface area contributed by atoms with E-state index in [4.69, 9.17) is 0 Å². The number of allylic oxidation sites excluding steroid dienone is 3. The van der Waals surface area contributed by atoms with Gasteiger partial charge in [-0.3, -0.25) is 0 Å². The van der Waals surface area contributed by atoms with Crippen LogP contribution in [0.5, 0.6) is 0 Å². The van der Waals surface area contributed by atoms with Gasteiger partial charge in [-0.25, -0.2) is 0 Å². The average molecular weight is 203 g/mol. The highest BCUT2D eigenvalue weighted by Gasteiger charge is 2.36. The largest absolute Gasteiger partial charge is 0.306 e. The van der Waals surface area contributed by atoms with Crippen molar-refractivity contribution in [1.82, 2.24) is 4.90 Å². The molecule has 0 aromatic rings. The standard InChI is InChI=1S/C14H21N/c1-15-7-3-2-4-13(10-15)11-5-6-12-9-14(12)8-11/h5-6,8,12-14H,2-4,7,9-10H2,1H3. The molecule has 3 aliphatic rings. The normalized spacial score (nSPS) is 40.6. The van der Waals surface area contributed by atoms with E-state index in [1.165, 1.54) is 38.8 Å². The van der Waals surface area contributed by atoms with Gasteiger partial charge in [-0.05, 0) is 56.2 Å². The van der Waals surface area contributed by atoms with E-state index in [1.807, 2.05) is 0 Å². The Morgan fingerprint density at radius 3 is 3.07 bits per heavy atom. The van der Waals surface area contributed by atoms with Gasteiger partial charge in [0.05, 0.1) is 0 Å². The van der Waals surface area contributed by atoms with Crippen LogP contribution < -0.4 is 0 Å². The lowest BCUT2D eigenvalue weighted by Crippen LogP contribution is -2.25. The molecule has 0 bridgehead atoms. The van der Waals surface area contributed by atoms with Crippen LogP contribution in [0, 0.1) is 17.8 Å². The fraction of sp³-hybridized carbons (Fsp3) is 0.714. The minimum atomic E-state index is 0.815. The lowest BCUT2D eigenvalue weighted by Gasteiger charge is -2.22. The topological polar surface area (TPSA) is 3.24 Å². The van der Waals surface area contributed by atoms with Gasteiger partial charge in [0, 0.05) is 6.54 Å². The molecule has 0 spiro atoms. The van der Waals surface area contributed by atoms with Gasteiger partial charge in [-0.2, -0.15) is 0 Å². The van der Waals surface area contributed by atoms with Gasteiger partial charge in [0.1, 0.15) is 0 Å². The highest BCUT2D eigenvalue weighted by atomic mass is 15.1. The van der Waals surface area contributed by atoms with E-state index in [1.54, 1.807) is 5.57 Å². The van der Waals surface area contributed by atoms with Crippen molar-refractivity contribution in [2.45, 2.75) is 25.7 Å². The summed E-state index contributed by atoms with van der Waals surface area (Å²) in [6.45, 7) is 2.56. The second-order valence-corrected chi connectivity index (χ2v) is 5.54. The third-order valence-corrected chi connectivity index (χ3v) is 4.18. The zero-order valence-corrected chi connectivity index (χ0v) is 9.65. The molecule has 0 aromatic carbocycles. The molecule has 1 saturated heterocycles. The first-order valence-electron chi connectivity index (χ1n) is 6.41. The zero-order chi connectivity index (χ0) is 10.3. The van der Waals surface area contributed by atoms with Crippen LogP contribution in [0.1, 0.15) is 25.7 Å². The summed E-state index contributed by atoms with van der Waals surface area (Å²) in [6, 6.07) is 0. The summed E-state index contributed by atoms with van der Waals surface area (Å²) in [6.07, 6.45) is 13.0. The molecular weight excluding hydrogens is 182 g/mol. The van der Waals surface area contributed by atoms with Crippen LogP contribution in [-0.4, -0.2) is 25.0 Å². The second kappa shape index (κ2) is 3.79. The average Bonchev–Trinajstić information content (AvgIpc) is 2.99. The fourth-order valence-corrected chi connectivity index (χ4v) is 3.06. The number of nitrogens with zero attached hydrogens (tertiary/aromatic N) is 1. The van der Waals surface area contributed by atoms with Crippen LogP contribution in [-0.2, 0) is 0 Å². The summed E-state index contributed by atoms with van der Waals surface area (Å²) in [4.78, 5) is 2.51. The summed E-state index contributed by atoms with van der Waals surface area (Å²) in [5.41, 5.74) is 1.64. The number of rotatable bonds is 1. The molecule has 3 unspecified atom stereocenters. The van der Waals surface area contributed by atoms with E-state index in [0.717, 1.165) is 17.8 Å². The van der Waals surface area contributed by atoms with Crippen molar-refractivity contribution >= 4 is 0 Å². The molecule has 3 atom stereocenters. The Morgan fingerprint density at radius 1 is 1.27 bits per heavy atom. The van der Waals surface area contributed by atoms with E-state index in [9.17, 15) is 0 Å². The molecule has 0 radical (unpaired) electrons. The lowest BCUT2D eigenvalue weighted by atomic mass is 9.90. The molecule has 15 heavy (non-hydrogen) atoms. The van der Waals surface area contributed by atoms with E-state index >= 15 is 0 Å². The molecular formula is C14H21N. The molecule has 1 heterocycles. The van der Waals surface area contributed by atoms with Gasteiger partial charge in [0.15, 0.2) is 0 Å². The Balaban J connectivity index is 1.72. The third-order valence-electron chi connectivity index (χ3n) is 4.18. The lowest BCUT2D eigenvalue weighted by molar-refractivity contribution is 0.319. The Morgan fingerprint density at radius 2 is 2.20 bits per heavy atom. The molecule has 0 N–H and O–H groups in total. The minimum absolute atomic E-state index is 0.815. The maximum Gasteiger partial charge on any atom is 0.00471 e. The van der Waals surface area contributed by atoms with E-state index in [-0.39, 0.29) is 0 Å². The summed E-state index contributed by atoms with van der Waals surface area (Å²) in [5.74, 6) is 2.64. The highest BCUT2D eigenvalue weighted by Crippen LogP contribution is 2.45. The van der Waals surface area contributed by atoms with Gasteiger partial charge in [-0.1, -0.05) is 24.6 Å². The van der Waals surface area contributed by atoms with Crippen molar-refractivity contribution in [2.75, 3.05) is 20.1 Å². The summed E-state index contributed by atoms with van der Waals surface area (Å²) in [7, 11) is 2.27. The Bertz CT molecular complexity index is 302. The monoisotopic (exact) mass is 203 g/mol. The van der Waals surface area contributed by atoms with E-state index in [2.05, 4.69) is 30.2 Å². The fourth-order valence-electron chi connectivity index (χ4n) is 3.06. The molecule has 0 amide bonds. The van der Waals surface area contributed by atoms with Crippen molar-refractivity contribution < 1.29 is 0 Å². The number of likely N-dealkylation sites (tertiary alicyclic amines) is 1. The van der Waals surface area contributed by atoms with Crippen LogP contribution in [0.2, 0.25) is 0 Å². The second-order valence-electron chi connectivity index (χ2n) is 5.54. The van der Waals surface area contributed by atoms with Crippen molar-refractivity contribution in [1.29, 1.82) is 0 Å². The molecule has 2 fully saturated rings. The molecule has 1 aliphatic heterocycles.